The van der Waals surface area contributed by atoms with E-state index in [1.54, 1.807) is 22.1 Å². The van der Waals surface area contributed by atoms with E-state index in [1.165, 1.54) is 0 Å². The van der Waals surface area contributed by atoms with Crippen LogP contribution in [0.25, 0.3) is 11.0 Å². The first kappa shape index (κ1) is 15.2. The van der Waals surface area contributed by atoms with Gasteiger partial charge in [-0.05, 0) is 18.6 Å². The Morgan fingerprint density at radius 1 is 1.23 bits per heavy atom. The van der Waals surface area contributed by atoms with Gasteiger partial charge in [-0.25, -0.2) is 0 Å². The lowest BCUT2D eigenvalue weighted by molar-refractivity contribution is -0.117. The summed E-state index contributed by atoms with van der Waals surface area (Å²) in [5.74, 6) is 0.424. The smallest absolute Gasteiger partial charge is 0.289 e. The van der Waals surface area contributed by atoms with Gasteiger partial charge in [0.2, 0.25) is 5.91 Å². The molecular formula is C19H18N4O3. The topological polar surface area (TPSA) is 71.6 Å². The number of amides is 2. The van der Waals surface area contributed by atoms with Crippen molar-refractivity contribution in [1.29, 1.82) is 0 Å². The third-order valence-electron chi connectivity index (χ3n) is 5.13. The maximum Gasteiger partial charge on any atom is 0.289 e. The number of carbonyl (C=O) groups excluding carboxylic acids is 2. The zero-order valence-electron chi connectivity index (χ0n) is 14.2. The van der Waals surface area contributed by atoms with Crippen molar-refractivity contribution in [3.8, 4) is 0 Å². The Morgan fingerprint density at radius 3 is 2.85 bits per heavy atom. The predicted octanol–water partition coefficient (Wildman–Crippen LogP) is 2.45. The van der Waals surface area contributed by atoms with Gasteiger partial charge in [0.05, 0.1) is 17.9 Å². The predicted molar refractivity (Wildman–Crippen MR) is 95.0 cm³/mol. The van der Waals surface area contributed by atoms with E-state index in [0.29, 0.717) is 25.3 Å². The number of para-hydroxylation sites is 1. The van der Waals surface area contributed by atoms with Gasteiger partial charge in [-0.1, -0.05) is 18.2 Å². The SMILES string of the molecule is O=C(c1cc2ccccc2o1)N1CC(n2cc(N3CCCC3=O)cn2)C1. The fourth-order valence-corrected chi connectivity index (χ4v) is 3.62. The molecule has 2 saturated heterocycles. The molecule has 0 aliphatic carbocycles. The molecule has 0 atom stereocenters. The lowest BCUT2D eigenvalue weighted by Gasteiger charge is -2.38. The van der Waals surface area contributed by atoms with E-state index in [4.69, 9.17) is 4.42 Å². The molecule has 5 rings (SSSR count). The Bertz CT molecular complexity index is 966. The number of furan rings is 1. The molecule has 2 aliphatic rings. The molecule has 132 valence electrons. The van der Waals surface area contributed by atoms with Crippen molar-refractivity contribution in [3.63, 3.8) is 0 Å². The average molecular weight is 350 g/mol. The molecule has 0 bridgehead atoms. The fraction of sp³-hybridized carbons (Fsp3) is 0.316. The normalized spacial score (nSPS) is 17.9. The molecular weight excluding hydrogens is 332 g/mol. The Kier molecular flexibility index (Phi) is 3.34. The van der Waals surface area contributed by atoms with Gasteiger partial charge in [0.1, 0.15) is 5.58 Å². The minimum absolute atomic E-state index is 0.0976. The molecule has 2 aliphatic heterocycles. The van der Waals surface area contributed by atoms with E-state index >= 15 is 0 Å². The first-order valence-corrected chi connectivity index (χ1v) is 8.81. The highest BCUT2D eigenvalue weighted by atomic mass is 16.3. The lowest BCUT2D eigenvalue weighted by atomic mass is 10.1. The summed E-state index contributed by atoms with van der Waals surface area (Å²) in [6.07, 6.45) is 5.13. The van der Waals surface area contributed by atoms with Crippen LogP contribution in [0.3, 0.4) is 0 Å². The second kappa shape index (κ2) is 5.72. The summed E-state index contributed by atoms with van der Waals surface area (Å²) in [5, 5.41) is 5.31. The first-order valence-electron chi connectivity index (χ1n) is 8.81. The molecule has 0 unspecified atom stereocenters. The largest absolute Gasteiger partial charge is 0.451 e. The zero-order valence-corrected chi connectivity index (χ0v) is 14.2. The van der Waals surface area contributed by atoms with Crippen LogP contribution in [0.2, 0.25) is 0 Å². The van der Waals surface area contributed by atoms with Crippen LogP contribution in [0.4, 0.5) is 5.69 Å². The van der Waals surface area contributed by atoms with E-state index in [-0.39, 0.29) is 17.9 Å². The van der Waals surface area contributed by atoms with Crippen molar-refractivity contribution < 1.29 is 14.0 Å². The second-order valence-corrected chi connectivity index (χ2v) is 6.84. The van der Waals surface area contributed by atoms with E-state index < -0.39 is 0 Å². The van der Waals surface area contributed by atoms with Gasteiger partial charge in [-0.3, -0.25) is 14.3 Å². The highest BCUT2D eigenvalue weighted by molar-refractivity contribution is 5.96. The van der Waals surface area contributed by atoms with Crippen LogP contribution >= 0.6 is 0 Å². The van der Waals surface area contributed by atoms with Gasteiger partial charge in [0.25, 0.3) is 5.91 Å². The molecule has 0 radical (unpaired) electrons. The van der Waals surface area contributed by atoms with Crippen molar-refractivity contribution in [2.75, 3.05) is 24.5 Å². The molecule has 2 fully saturated rings. The Balaban J connectivity index is 1.26. The van der Waals surface area contributed by atoms with E-state index in [2.05, 4.69) is 5.10 Å². The van der Waals surface area contributed by atoms with Crippen LogP contribution in [0.1, 0.15) is 29.4 Å². The Morgan fingerprint density at radius 2 is 2.08 bits per heavy atom. The molecule has 26 heavy (non-hydrogen) atoms. The molecule has 0 N–H and O–H groups in total. The highest BCUT2D eigenvalue weighted by Gasteiger charge is 2.35. The molecule has 0 saturated carbocycles. The number of hydrogen-bond acceptors (Lipinski definition) is 4. The number of rotatable bonds is 3. The van der Waals surface area contributed by atoms with Crippen LogP contribution in [0.15, 0.2) is 47.1 Å². The number of hydrogen-bond donors (Lipinski definition) is 0. The average Bonchev–Trinajstić information content (AvgIpc) is 3.31. The summed E-state index contributed by atoms with van der Waals surface area (Å²) in [7, 11) is 0. The third kappa shape index (κ3) is 2.39. The standard InChI is InChI=1S/C19H18N4O3/c24-18-6-3-7-22(18)14-9-20-23(12-14)15-10-21(11-15)19(25)17-8-13-4-1-2-5-16(13)26-17/h1-2,4-5,8-9,12,15H,3,6-7,10-11H2. The summed E-state index contributed by atoms with van der Waals surface area (Å²) >= 11 is 0. The molecule has 2 amide bonds. The number of benzene rings is 1. The first-order chi connectivity index (χ1) is 12.7. The van der Waals surface area contributed by atoms with Gasteiger partial charge in [-0.2, -0.15) is 5.10 Å². The summed E-state index contributed by atoms with van der Waals surface area (Å²) in [4.78, 5) is 27.9. The number of fused-ring (bicyclic) bond motifs is 1. The number of carbonyl (C=O) groups is 2. The number of aromatic nitrogens is 2. The van der Waals surface area contributed by atoms with Gasteiger partial charge < -0.3 is 14.2 Å². The second-order valence-electron chi connectivity index (χ2n) is 6.84. The van der Waals surface area contributed by atoms with Gasteiger partial charge in [0.15, 0.2) is 5.76 Å². The monoisotopic (exact) mass is 350 g/mol. The number of nitrogens with zero attached hydrogens (tertiary/aromatic N) is 4. The van der Waals surface area contributed by atoms with Crippen molar-refractivity contribution in [2.45, 2.75) is 18.9 Å². The molecule has 3 aromatic rings. The number of anilines is 1. The van der Waals surface area contributed by atoms with Gasteiger partial charge in [0, 0.05) is 37.6 Å². The van der Waals surface area contributed by atoms with Crippen LogP contribution in [-0.2, 0) is 4.79 Å². The van der Waals surface area contributed by atoms with Crippen LogP contribution in [0.5, 0.6) is 0 Å². The molecule has 0 spiro atoms. The minimum Gasteiger partial charge on any atom is -0.451 e. The Labute approximate surface area is 149 Å². The molecule has 7 nitrogen and oxygen atoms in total. The summed E-state index contributed by atoms with van der Waals surface area (Å²) < 4.78 is 7.50. The third-order valence-corrected chi connectivity index (χ3v) is 5.13. The fourth-order valence-electron chi connectivity index (χ4n) is 3.62. The Hall–Kier alpha value is -3.09. The van der Waals surface area contributed by atoms with Crippen LogP contribution in [-0.4, -0.2) is 46.1 Å². The summed E-state index contributed by atoms with van der Waals surface area (Å²) in [5.41, 5.74) is 1.56. The zero-order chi connectivity index (χ0) is 17.7. The maximum absolute atomic E-state index is 12.6. The minimum atomic E-state index is -0.0976. The van der Waals surface area contributed by atoms with Crippen molar-refractivity contribution in [3.05, 3.63) is 48.5 Å². The van der Waals surface area contributed by atoms with Crippen molar-refractivity contribution in [1.82, 2.24) is 14.7 Å². The van der Waals surface area contributed by atoms with Gasteiger partial charge in [-0.15, -0.1) is 0 Å². The summed E-state index contributed by atoms with van der Waals surface area (Å²) in [6, 6.07) is 9.52. The maximum atomic E-state index is 12.6. The van der Waals surface area contributed by atoms with Crippen LogP contribution in [0, 0.1) is 0 Å². The molecule has 1 aromatic carbocycles. The quantitative estimate of drug-likeness (QED) is 0.727. The molecule has 4 heterocycles. The van der Waals surface area contributed by atoms with Crippen molar-refractivity contribution in [2.24, 2.45) is 0 Å². The van der Waals surface area contributed by atoms with Gasteiger partial charge >= 0.3 is 0 Å². The number of likely N-dealkylation sites (tertiary alicyclic amines) is 1. The van der Waals surface area contributed by atoms with E-state index in [9.17, 15) is 9.59 Å². The molecule has 2 aromatic heterocycles. The van der Waals surface area contributed by atoms with E-state index in [1.807, 2.05) is 35.1 Å². The van der Waals surface area contributed by atoms with Crippen molar-refractivity contribution >= 4 is 28.5 Å². The van der Waals surface area contributed by atoms with Crippen LogP contribution < -0.4 is 4.90 Å². The van der Waals surface area contributed by atoms with E-state index in [0.717, 1.165) is 29.6 Å². The lowest BCUT2D eigenvalue weighted by Crippen LogP contribution is -2.50. The highest BCUT2D eigenvalue weighted by Crippen LogP contribution is 2.28. The summed E-state index contributed by atoms with van der Waals surface area (Å²) in [6.45, 7) is 1.93. The molecule has 7 heteroatoms.